The summed E-state index contributed by atoms with van der Waals surface area (Å²) in [4.78, 5) is 19.3. The first-order chi connectivity index (χ1) is 9.51. The normalized spacial score (nSPS) is 10.2. The van der Waals surface area contributed by atoms with Crippen LogP contribution in [0, 0.1) is 12.7 Å². The summed E-state index contributed by atoms with van der Waals surface area (Å²) in [6.07, 6.45) is 2.89. The number of hydrogen-bond donors (Lipinski definition) is 0. The summed E-state index contributed by atoms with van der Waals surface area (Å²) in [5.74, 6) is -1.26. The minimum atomic E-state index is -0.706. The number of aryl methyl sites for hydroxylation is 1. The first kappa shape index (κ1) is 14.4. The molecule has 0 radical (unpaired) electrons. The molecule has 2 rings (SSSR count). The quantitative estimate of drug-likeness (QED) is 0.802. The number of aromatic nitrogens is 2. The van der Waals surface area contributed by atoms with E-state index in [0.29, 0.717) is 0 Å². The minimum Gasteiger partial charge on any atom is -0.465 e. The molecule has 0 atom stereocenters. The average Bonchev–Trinajstić information content (AvgIpc) is 2.43. The monoisotopic (exact) mass is 340 g/mol. The second kappa shape index (κ2) is 5.96. The molecular formula is C13H10BrFN2O3. The molecule has 0 N–H and O–H groups in total. The lowest BCUT2D eigenvalue weighted by Crippen LogP contribution is -2.03. The fraction of sp³-hybridized carbons (Fsp3) is 0.154. The van der Waals surface area contributed by atoms with Crippen molar-refractivity contribution >= 4 is 21.9 Å². The van der Waals surface area contributed by atoms with E-state index in [1.54, 1.807) is 6.92 Å². The first-order valence-corrected chi connectivity index (χ1v) is 6.34. The highest BCUT2D eigenvalue weighted by Gasteiger charge is 2.16. The zero-order valence-corrected chi connectivity index (χ0v) is 12.3. The van der Waals surface area contributed by atoms with Crippen molar-refractivity contribution in [3.63, 3.8) is 0 Å². The Hall–Kier alpha value is -2.02. The Bertz CT molecular complexity index is 624. The van der Waals surface area contributed by atoms with Crippen LogP contribution in [0.15, 0.2) is 29.0 Å². The van der Waals surface area contributed by atoms with E-state index < -0.39 is 11.8 Å². The first-order valence-electron chi connectivity index (χ1n) is 5.55. The fourth-order valence-electron chi connectivity index (χ4n) is 1.43. The summed E-state index contributed by atoms with van der Waals surface area (Å²) in [6.45, 7) is 1.78. The van der Waals surface area contributed by atoms with Gasteiger partial charge in [0.05, 0.1) is 35.2 Å². The molecule has 104 valence electrons. The molecule has 2 aromatic rings. The van der Waals surface area contributed by atoms with Crippen LogP contribution < -0.4 is 4.74 Å². The molecule has 0 aliphatic heterocycles. The van der Waals surface area contributed by atoms with Gasteiger partial charge < -0.3 is 9.47 Å². The number of methoxy groups -OCH3 is 1. The summed E-state index contributed by atoms with van der Waals surface area (Å²) in [5, 5.41) is 0. The highest BCUT2D eigenvalue weighted by atomic mass is 79.9. The maximum atomic E-state index is 14.0. The van der Waals surface area contributed by atoms with Gasteiger partial charge in [-0.1, -0.05) is 0 Å². The van der Waals surface area contributed by atoms with Gasteiger partial charge in [-0.25, -0.2) is 14.2 Å². The third-order valence-corrected chi connectivity index (χ3v) is 2.97. The van der Waals surface area contributed by atoms with Crippen molar-refractivity contribution in [3.8, 4) is 11.6 Å². The summed E-state index contributed by atoms with van der Waals surface area (Å²) in [6, 6.07) is 2.44. The molecule has 0 unspecified atom stereocenters. The number of hydrogen-bond acceptors (Lipinski definition) is 5. The van der Waals surface area contributed by atoms with Crippen molar-refractivity contribution in [2.24, 2.45) is 0 Å². The number of halogens is 2. The molecule has 0 spiro atoms. The molecule has 0 saturated heterocycles. The van der Waals surface area contributed by atoms with E-state index in [4.69, 9.17) is 4.74 Å². The van der Waals surface area contributed by atoms with Gasteiger partial charge >= 0.3 is 5.97 Å². The number of ether oxygens (including phenoxy) is 2. The van der Waals surface area contributed by atoms with Gasteiger partial charge in [-0.3, -0.25) is 4.98 Å². The molecule has 1 aromatic heterocycles. The predicted molar refractivity (Wildman–Crippen MR) is 72.3 cm³/mol. The number of carbonyl (C=O) groups excluding carboxylic acids is 1. The van der Waals surface area contributed by atoms with E-state index in [0.717, 1.165) is 11.8 Å². The van der Waals surface area contributed by atoms with Crippen LogP contribution in [-0.4, -0.2) is 23.0 Å². The molecule has 0 amide bonds. The van der Waals surface area contributed by atoms with E-state index in [1.165, 1.54) is 25.6 Å². The second-order valence-corrected chi connectivity index (χ2v) is 4.71. The Morgan fingerprint density at radius 1 is 1.30 bits per heavy atom. The standard InChI is InChI=1S/C13H10BrFN2O3/c1-7-5-17-11(6-16-7)20-12-9(14)3-8(4-10(12)15)13(18)19-2/h3-6H,1-2H3. The van der Waals surface area contributed by atoms with Crippen LogP contribution >= 0.6 is 15.9 Å². The summed E-state index contributed by atoms with van der Waals surface area (Å²) >= 11 is 3.15. The zero-order chi connectivity index (χ0) is 14.7. The Balaban J connectivity index is 2.33. The van der Waals surface area contributed by atoms with Gasteiger partial charge in [0.25, 0.3) is 0 Å². The summed E-state index contributed by atoms with van der Waals surface area (Å²) < 4.78 is 24.1. The van der Waals surface area contributed by atoms with Crippen molar-refractivity contribution in [2.45, 2.75) is 6.92 Å². The molecule has 5 nitrogen and oxygen atoms in total. The van der Waals surface area contributed by atoms with Crippen molar-refractivity contribution < 1.29 is 18.7 Å². The largest absolute Gasteiger partial charge is 0.465 e. The maximum Gasteiger partial charge on any atom is 0.337 e. The van der Waals surface area contributed by atoms with Gasteiger partial charge in [0.15, 0.2) is 11.6 Å². The molecule has 0 bridgehead atoms. The molecule has 7 heteroatoms. The van der Waals surface area contributed by atoms with Crippen LogP contribution in [0.25, 0.3) is 0 Å². The molecule has 1 heterocycles. The Labute approximate surface area is 122 Å². The van der Waals surface area contributed by atoms with Crippen molar-refractivity contribution in [3.05, 3.63) is 46.1 Å². The number of esters is 1. The Morgan fingerprint density at radius 3 is 2.60 bits per heavy atom. The molecular weight excluding hydrogens is 331 g/mol. The van der Waals surface area contributed by atoms with E-state index in [9.17, 15) is 9.18 Å². The van der Waals surface area contributed by atoms with Crippen molar-refractivity contribution in [2.75, 3.05) is 7.11 Å². The van der Waals surface area contributed by atoms with E-state index in [2.05, 4.69) is 30.6 Å². The van der Waals surface area contributed by atoms with Crippen molar-refractivity contribution in [1.82, 2.24) is 9.97 Å². The van der Waals surface area contributed by atoms with Crippen LogP contribution in [0.4, 0.5) is 4.39 Å². The maximum absolute atomic E-state index is 14.0. The van der Waals surface area contributed by atoms with Crippen LogP contribution in [-0.2, 0) is 4.74 Å². The highest BCUT2D eigenvalue weighted by molar-refractivity contribution is 9.10. The Kier molecular flexibility index (Phi) is 4.29. The number of nitrogens with zero attached hydrogens (tertiary/aromatic N) is 2. The van der Waals surface area contributed by atoms with Gasteiger partial charge in [-0.2, -0.15) is 0 Å². The highest BCUT2D eigenvalue weighted by Crippen LogP contribution is 2.32. The zero-order valence-electron chi connectivity index (χ0n) is 10.7. The van der Waals surface area contributed by atoms with Gasteiger partial charge in [0.1, 0.15) is 0 Å². The lowest BCUT2D eigenvalue weighted by Gasteiger charge is -2.09. The fourth-order valence-corrected chi connectivity index (χ4v) is 1.95. The molecule has 20 heavy (non-hydrogen) atoms. The molecule has 0 aliphatic carbocycles. The van der Waals surface area contributed by atoms with Gasteiger partial charge in [0.2, 0.25) is 5.88 Å². The Morgan fingerprint density at radius 2 is 2.05 bits per heavy atom. The smallest absolute Gasteiger partial charge is 0.337 e. The summed E-state index contributed by atoms with van der Waals surface area (Å²) in [7, 11) is 1.22. The van der Waals surface area contributed by atoms with Crippen LogP contribution in [0.2, 0.25) is 0 Å². The molecule has 1 aromatic carbocycles. The predicted octanol–water partition coefficient (Wildman–Crippen LogP) is 3.27. The lowest BCUT2D eigenvalue weighted by molar-refractivity contribution is 0.0600. The number of benzene rings is 1. The lowest BCUT2D eigenvalue weighted by atomic mass is 10.2. The third kappa shape index (κ3) is 3.11. The van der Waals surface area contributed by atoms with Gasteiger partial charge in [0, 0.05) is 0 Å². The van der Waals surface area contributed by atoms with Gasteiger partial charge in [-0.15, -0.1) is 0 Å². The van der Waals surface area contributed by atoms with Crippen LogP contribution in [0.3, 0.4) is 0 Å². The topological polar surface area (TPSA) is 61.3 Å². The minimum absolute atomic E-state index is 0.0733. The third-order valence-electron chi connectivity index (χ3n) is 2.38. The van der Waals surface area contributed by atoms with Crippen LogP contribution in [0.5, 0.6) is 11.6 Å². The SMILES string of the molecule is COC(=O)c1cc(F)c(Oc2cnc(C)cn2)c(Br)c1. The average molecular weight is 341 g/mol. The van der Waals surface area contributed by atoms with Gasteiger partial charge in [-0.05, 0) is 35.0 Å². The summed E-state index contributed by atoms with van der Waals surface area (Å²) in [5.41, 5.74) is 0.803. The molecule has 0 aliphatic rings. The van der Waals surface area contributed by atoms with Crippen molar-refractivity contribution in [1.29, 1.82) is 0 Å². The second-order valence-electron chi connectivity index (χ2n) is 3.86. The van der Waals surface area contributed by atoms with E-state index in [-0.39, 0.29) is 21.7 Å². The number of rotatable bonds is 3. The number of carbonyl (C=O) groups is 1. The molecule has 0 fully saturated rings. The van der Waals surface area contributed by atoms with E-state index in [1.807, 2.05) is 0 Å². The van der Waals surface area contributed by atoms with E-state index >= 15 is 0 Å². The van der Waals surface area contributed by atoms with Crippen LogP contribution in [0.1, 0.15) is 16.1 Å². The molecule has 0 saturated carbocycles.